The molecule has 1 aromatic carbocycles. The summed E-state index contributed by atoms with van der Waals surface area (Å²) < 4.78 is 13.9. The number of halogens is 2. The minimum atomic E-state index is -0.516. The highest BCUT2D eigenvalue weighted by Crippen LogP contribution is 2.15. The quantitative estimate of drug-likeness (QED) is 0.870. The van der Waals surface area contributed by atoms with Gasteiger partial charge in [-0.2, -0.15) is 0 Å². The van der Waals surface area contributed by atoms with Gasteiger partial charge in [-0.1, -0.05) is 15.9 Å². The molecule has 0 aliphatic heterocycles. The largest absolute Gasteiger partial charge is 0.350 e. The maximum atomic E-state index is 13.3. The van der Waals surface area contributed by atoms with E-state index in [0.717, 1.165) is 0 Å². The van der Waals surface area contributed by atoms with Gasteiger partial charge in [0.15, 0.2) is 0 Å². The third-order valence-corrected chi connectivity index (χ3v) is 2.09. The molecule has 0 aliphatic carbocycles. The first-order valence-corrected chi connectivity index (χ1v) is 5.06. The van der Waals surface area contributed by atoms with Crippen LogP contribution in [-0.4, -0.2) is 11.9 Å². The Balaban J connectivity index is 2.90. The van der Waals surface area contributed by atoms with E-state index in [4.69, 9.17) is 0 Å². The van der Waals surface area contributed by atoms with E-state index in [1.807, 2.05) is 13.8 Å². The molecule has 0 bridgehead atoms. The van der Waals surface area contributed by atoms with Gasteiger partial charge in [-0.15, -0.1) is 0 Å². The van der Waals surface area contributed by atoms with Crippen molar-refractivity contribution in [2.24, 2.45) is 0 Å². The van der Waals surface area contributed by atoms with E-state index in [9.17, 15) is 9.18 Å². The van der Waals surface area contributed by atoms with Crippen LogP contribution in [-0.2, 0) is 0 Å². The average Bonchev–Trinajstić information content (AvgIpc) is 2.01. The van der Waals surface area contributed by atoms with E-state index < -0.39 is 5.82 Å². The van der Waals surface area contributed by atoms with Crippen molar-refractivity contribution in [2.45, 2.75) is 19.9 Å². The minimum absolute atomic E-state index is 0.00514. The molecule has 1 amide bonds. The van der Waals surface area contributed by atoms with Gasteiger partial charge < -0.3 is 5.32 Å². The first-order valence-electron chi connectivity index (χ1n) is 4.26. The fourth-order valence-electron chi connectivity index (χ4n) is 1.01. The number of hydrogen-bond donors (Lipinski definition) is 1. The SMILES string of the molecule is CC(C)NC(=O)c1ccc(Br)cc1F. The molecule has 0 radical (unpaired) electrons. The second kappa shape index (κ2) is 4.55. The van der Waals surface area contributed by atoms with Crippen LogP contribution in [0.4, 0.5) is 4.39 Å². The Hall–Kier alpha value is -0.900. The topological polar surface area (TPSA) is 29.1 Å². The zero-order valence-corrected chi connectivity index (χ0v) is 9.56. The molecule has 1 aromatic rings. The standard InChI is InChI=1S/C10H11BrFNO/c1-6(2)13-10(14)8-4-3-7(11)5-9(8)12/h3-6H,1-2H3,(H,13,14). The number of benzene rings is 1. The van der Waals surface area contributed by atoms with E-state index in [0.29, 0.717) is 4.47 Å². The van der Waals surface area contributed by atoms with Gasteiger partial charge in [0, 0.05) is 10.5 Å². The monoisotopic (exact) mass is 259 g/mol. The Bertz CT molecular complexity index is 352. The lowest BCUT2D eigenvalue weighted by Gasteiger charge is -2.08. The normalized spacial score (nSPS) is 10.4. The van der Waals surface area contributed by atoms with Crippen molar-refractivity contribution in [1.29, 1.82) is 0 Å². The fourth-order valence-corrected chi connectivity index (χ4v) is 1.35. The van der Waals surface area contributed by atoms with Gasteiger partial charge >= 0.3 is 0 Å². The van der Waals surface area contributed by atoms with Crippen LogP contribution >= 0.6 is 15.9 Å². The molecule has 0 heterocycles. The van der Waals surface area contributed by atoms with E-state index in [-0.39, 0.29) is 17.5 Å². The van der Waals surface area contributed by atoms with Crippen molar-refractivity contribution >= 4 is 21.8 Å². The lowest BCUT2D eigenvalue weighted by atomic mass is 10.2. The predicted octanol–water partition coefficient (Wildman–Crippen LogP) is 2.73. The molecule has 0 fully saturated rings. The molecule has 4 heteroatoms. The minimum Gasteiger partial charge on any atom is -0.350 e. The van der Waals surface area contributed by atoms with Gasteiger partial charge in [0.2, 0.25) is 0 Å². The number of amides is 1. The fraction of sp³-hybridized carbons (Fsp3) is 0.300. The van der Waals surface area contributed by atoms with Gasteiger partial charge in [0.1, 0.15) is 5.82 Å². The van der Waals surface area contributed by atoms with Gasteiger partial charge in [0.25, 0.3) is 5.91 Å². The van der Waals surface area contributed by atoms with Crippen LogP contribution in [0.2, 0.25) is 0 Å². The summed E-state index contributed by atoms with van der Waals surface area (Å²) in [6.07, 6.45) is 0. The Morgan fingerprint density at radius 3 is 2.64 bits per heavy atom. The highest BCUT2D eigenvalue weighted by molar-refractivity contribution is 9.10. The Morgan fingerprint density at radius 2 is 2.14 bits per heavy atom. The molecule has 0 saturated heterocycles. The van der Waals surface area contributed by atoms with Gasteiger partial charge in [-0.05, 0) is 32.0 Å². The number of carbonyl (C=O) groups excluding carboxylic acids is 1. The third-order valence-electron chi connectivity index (χ3n) is 1.60. The summed E-state index contributed by atoms with van der Waals surface area (Å²) in [6, 6.07) is 4.37. The average molecular weight is 260 g/mol. The highest BCUT2D eigenvalue weighted by Gasteiger charge is 2.11. The van der Waals surface area contributed by atoms with Gasteiger partial charge in [-0.3, -0.25) is 4.79 Å². The number of nitrogens with one attached hydrogen (secondary N) is 1. The highest BCUT2D eigenvalue weighted by atomic mass is 79.9. The molecule has 14 heavy (non-hydrogen) atoms. The molecule has 0 spiro atoms. The third kappa shape index (κ3) is 2.80. The van der Waals surface area contributed by atoms with Crippen molar-refractivity contribution in [3.05, 3.63) is 34.1 Å². The summed E-state index contributed by atoms with van der Waals surface area (Å²) in [4.78, 5) is 11.4. The van der Waals surface area contributed by atoms with E-state index >= 15 is 0 Å². The van der Waals surface area contributed by atoms with Gasteiger partial charge in [-0.25, -0.2) is 4.39 Å². The van der Waals surface area contributed by atoms with Gasteiger partial charge in [0.05, 0.1) is 5.56 Å². The predicted molar refractivity (Wildman–Crippen MR) is 56.7 cm³/mol. The van der Waals surface area contributed by atoms with Crippen molar-refractivity contribution in [3.63, 3.8) is 0 Å². The summed E-state index contributed by atoms with van der Waals surface area (Å²) >= 11 is 3.12. The zero-order chi connectivity index (χ0) is 10.7. The first-order chi connectivity index (χ1) is 6.50. The Morgan fingerprint density at radius 1 is 1.50 bits per heavy atom. The molecule has 1 rings (SSSR count). The maximum absolute atomic E-state index is 13.3. The molecule has 1 N–H and O–H groups in total. The summed E-state index contributed by atoms with van der Waals surface area (Å²) in [5.74, 6) is -0.900. The maximum Gasteiger partial charge on any atom is 0.254 e. The summed E-state index contributed by atoms with van der Waals surface area (Å²) in [5.41, 5.74) is 0.0712. The molecule has 2 nitrogen and oxygen atoms in total. The summed E-state index contributed by atoms with van der Waals surface area (Å²) in [5, 5.41) is 2.63. The molecule has 0 aliphatic rings. The molecular weight excluding hydrogens is 249 g/mol. The van der Waals surface area contributed by atoms with Crippen LogP contribution in [0.15, 0.2) is 22.7 Å². The van der Waals surface area contributed by atoms with Crippen molar-refractivity contribution < 1.29 is 9.18 Å². The molecular formula is C10H11BrFNO. The van der Waals surface area contributed by atoms with E-state index in [1.165, 1.54) is 12.1 Å². The van der Waals surface area contributed by atoms with E-state index in [2.05, 4.69) is 21.2 Å². The molecule has 0 unspecified atom stereocenters. The first kappa shape index (κ1) is 11.2. The van der Waals surface area contributed by atoms with E-state index in [1.54, 1.807) is 6.07 Å². The Kier molecular flexibility index (Phi) is 3.63. The van der Waals surface area contributed by atoms with Crippen LogP contribution in [0.3, 0.4) is 0 Å². The van der Waals surface area contributed by atoms with Crippen LogP contribution in [0.1, 0.15) is 24.2 Å². The van der Waals surface area contributed by atoms with Crippen LogP contribution in [0.25, 0.3) is 0 Å². The van der Waals surface area contributed by atoms with Crippen molar-refractivity contribution in [3.8, 4) is 0 Å². The smallest absolute Gasteiger partial charge is 0.254 e. The van der Waals surface area contributed by atoms with Crippen LogP contribution < -0.4 is 5.32 Å². The zero-order valence-electron chi connectivity index (χ0n) is 7.97. The second-order valence-electron chi connectivity index (χ2n) is 3.25. The van der Waals surface area contributed by atoms with Crippen molar-refractivity contribution in [1.82, 2.24) is 5.32 Å². The molecule has 0 aromatic heterocycles. The Labute approximate surface area is 90.6 Å². The number of carbonyl (C=O) groups is 1. The lowest BCUT2D eigenvalue weighted by molar-refractivity contribution is 0.0939. The number of rotatable bonds is 2. The number of hydrogen-bond acceptors (Lipinski definition) is 1. The van der Waals surface area contributed by atoms with Crippen LogP contribution in [0.5, 0.6) is 0 Å². The van der Waals surface area contributed by atoms with Crippen molar-refractivity contribution in [2.75, 3.05) is 0 Å². The molecule has 0 atom stereocenters. The summed E-state index contributed by atoms with van der Waals surface area (Å²) in [6.45, 7) is 3.66. The lowest BCUT2D eigenvalue weighted by Crippen LogP contribution is -2.30. The second-order valence-corrected chi connectivity index (χ2v) is 4.17. The molecule has 0 saturated carbocycles. The summed E-state index contributed by atoms with van der Waals surface area (Å²) in [7, 11) is 0. The molecule has 76 valence electrons. The van der Waals surface area contributed by atoms with Crippen LogP contribution in [0, 0.1) is 5.82 Å².